The van der Waals surface area contributed by atoms with Crippen LogP contribution in [0.1, 0.15) is 32.6 Å². The number of thiophene rings is 2. The molecule has 1 aliphatic rings. The van der Waals surface area contributed by atoms with Crippen LogP contribution in [-0.4, -0.2) is 17.4 Å². The van der Waals surface area contributed by atoms with E-state index in [1.807, 2.05) is 21.6 Å². The maximum Gasteiger partial charge on any atom is 0.264 e. The molecule has 0 fully saturated rings. The molecule has 1 amide bonds. The van der Waals surface area contributed by atoms with E-state index in [2.05, 4.69) is 24.4 Å². The van der Waals surface area contributed by atoms with Crippen LogP contribution in [0.5, 0.6) is 0 Å². The van der Waals surface area contributed by atoms with Gasteiger partial charge in [-0.25, -0.2) is 0 Å². The van der Waals surface area contributed by atoms with Crippen LogP contribution in [-0.2, 0) is 19.4 Å². The zero-order chi connectivity index (χ0) is 12.5. The Hall–Kier alpha value is -1.13. The summed E-state index contributed by atoms with van der Waals surface area (Å²) >= 11 is 3.38. The minimum Gasteiger partial charge on any atom is -0.333 e. The van der Waals surface area contributed by atoms with Gasteiger partial charge in [0.1, 0.15) is 0 Å². The average molecular weight is 277 g/mol. The van der Waals surface area contributed by atoms with Crippen molar-refractivity contribution in [3.8, 4) is 0 Å². The van der Waals surface area contributed by atoms with Crippen LogP contribution in [0.3, 0.4) is 0 Å². The number of hydrogen-bond donors (Lipinski definition) is 0. The quantitative estimate of drug-likeness (QED) is 0.822. The molecule has 1 aliphatic heterocycles. The van der Waals surface area contributed by atoms with Crippen molar-refractivity contribution in [2.24, 2.45) is 0 Å². The molecule has 0 unspecified atom stereocenters. The molecule has 0 N–H and O–H groups in total. The zero-order valence-electron chi connectivity index (χ0n) is 10.3. The summed E-state index contributed by atoms with van der Waals surface area (Å²) in [6.07, 6.45) is 1.94. The van der Waals surface area contributed by atoms with E-state index in [9.17, 15) is 4.79 Å². The monoisotopic (exact) mass is 277 g/mol. The summed E-state index contributed by atoms with van der Waals surface area (Å²) in [5.74, 6) is 0.207. The Labute approximate surface area is 115 Å². The van der Waals surface area contributed by atoms with E-state index in [1.54, 1.807) is 11.3 Å². The molecular formula is C14H15NOS2. The highest BCUT2D eigenvalue weighted by Crippen LogP contribution is 2.27. The Morgan fingerprint density at radius 3 is 3.00 bits per heavy atom. The van der Waals surface area contributed by atoms with Crippen LogP contribution in [0.2, 0.25) is 0 Å². The van der Waals surface area contributed by atoms with Gasteiger partial charge in [0.05, 0.1) is 4.88 Å². The van der Waals surface area contributed by atoms with Gasteiger partial charge in [0.15, 0.2) is 0 Å². The van der Waals surface area contributed by atoms with Crippen molar-refractivity contribution >= 4 is 28.6 Å². The summed E-state index contributed by atoms with van der Waals surface area (Å²) in [6, 6.07) is 4.21. The third-order valence-corrected chi connectivity index (χ3v) is 5.38. The van der Waals surface area contributed by atoms with Crippen molar-refractivity contribution in [2.45, 2.75) is 26.3 Å². The van der Waals surface area contributed by atoms with Gasteiger partial charge in [-0.05, 0) is 46.9 Å². The van der Waals surface area contributed by atoms with Crippen molar-refractivity contribution in [3.05, 3.63) is 43.8 Å². The van der Waals surface area contributed by atoms with Gasteiger partial charge in [-0.15, -0.1) is 22.7 Å². The smallest absolute Gasteiger partial charge is 0.264 e. The summed E-state index contributed by atoms with van der Waals surface area (Å²) in [7, 11) is 0. The summed E-state index contributed by atoms with van der Waals surface area (Å²) in [6.45, 7) is 3.73. The van der Waals surface area contributed by atoms with Crippen LogP contribution in [0, 0.1) is 0 Å². The Kier molecular flexibility index (Phi) is 3.22. The molecule has 0 spiro atoms. The van der Waals surface area contributed by atoms with Gasteiger partial charge in [0, 0.05) is 18.0 Å². The molecule has 3 rings (SSSR count). The molecular weight excluding hydrogens is 262 g/mol. The molecule has 0 aromatic carbocycles. The third kappa shape index (κ3) is 1.99. The zero-order valence-corrected chi connectivity index (χ0v) is 11.9. The lowest BCUT2D eigenvalue weighted by Crippen LogP contribution is -2.35. The van der Waals surface area contributed by atoms with E-state index in [-0.39, 0.29) is 5.91 Å². The standard InChI is InChI=1S/C14H15NOS2/c1-2-10-4-8-18-13(10)14(16)15-6-3-12-11(9-15)5-7-17-12/h4-5,7-8H,2-3,6,9H2,1H3. The summed E-state index contributed by atoms with van der Waals surface area (Å²) < 4.78 is 0. The highest BCUT2D eigenvalue weighted by molar-refractivity contribution is 7.12. The first-order chi connectivity index (χ1) is 8.79. The predicted octanol–water partition coefficient (Wildman–Crippen LogP) is 3.57. The molecule has 2 aromatic rings. The number of carbonyl (C=O) groups excluding carboxylic acids is 1. The second kappa shape index (κ2) is 4.86. The second-order valence-electron chi connectivity index (χ2n) is 4.47. The Bertz CT molecular complexity index is 570. The predicted molar refractivity (Wildman–Crippen MR) is 76.5 cm³/mol. The molecule has 0 saturated heterocycles. The van der Waals surface area contributed by atoms with Crippen LogP contribution in [0.25, 0.3) is 0 Å². The summed E-state index contributed by atoms with van der Waals surface area (Å²) in [5.41, 5.74) is 2.51. The van der Waals surface area contributed by atoms with Crippen LogP contribution >= 0.6 is 22.7 Å². The number of nitrogens with zero attached hydrogens (tertiary/aromatic N) is 1. The number of amides is 1. The van der Waals surface area contributed by atoms with Crippen molar-refractivity contribution in [3.63, 3.8) is 0 Å². The van der Waals surface area contributed by atoms with Gasteiger partial charge in [-0.1, -0.05) is 6.92 Å². The topological polar surface area (TPSA) is 20.3 Å². The van der Waals surface area contributed by atoms with E-state index in [4.69, 9.17) is 0 Å². The SMILES string of the molecule is CCc1ccsc1C(=O)N1CCc2sccc2C1. The average Bonchev–Trinajstić information content (AvgIpc) is 3.05. The molecule has 2 nitrogen and oxygen atoms in total. The number of aryl methyl sites for hydroxylation is 1. The van der Waals surface area contributed by atoms with Gasteiger partial charge in [-0.2, -0.15) is 0 Å². The van der Waals surface area contributed by atoms with Gasteiger partial charge < -0.3 is 4.90 Å². The molecule has 94 valence electrons. The van der Waals surface area contributed by atoms with E-state index >= 15 is 0 Å². The van der Waals surface area contributed by atoms with E-state index in [0.717, 1.165) is 30.8 Å². The lowest BCUT2D eigenvalue weighted by atomic mass is 10.1. The maximum atomic E-state index is 12.5. The van der Waals surface area contributed by atoms with Gasteiger partial charge >= 0.3 is 0 Å². The lowest BCUT2D eigenvalue weighted by molar-refractivity contribution is 0.0740. The van der Waals surface area contributed by atoms with Crippen molar-refractivity contribution in [1.82, 2.24) is 4.90 Å². The maximum absolute atomic E-state index is 12.5. The number of fused-ring (bicyclic) bond motifs is 1. The fourth-order valence-corrected chi connectivity index (χ4v) is 4.22. The largest absolute Gasteiger partial charge is 0.333 e. The first kappa shape index (κ1) is 11.9. The molecule has 18 heavy (non-hydrogen) atoms. The molecule has 4 heteroatoms. The van der Waals surface area contributed by atoms with E-state index in [1.165, 1.54) is 16.0 Å². The molecule has 0 saturated carbocycles. The fourth-order valence-electron chi connectivity index (χ4n) is 2.37. The van der Waals surface area contributed by atoms with Gasteiger partial charge in [0.25, 0.3) is 5.91 Å². The minimum absolute atomic E-state index is 0.207. The first-order valence-corrected chi connectivity index (χ1v) is 7.96. The Morgan fingerprint density at radius 1 is 1.33 bits per heavy atom. The lowest BCUT2D eigenvalue weighted by Gasteiger charge is -2.27. The first-order valence-electron chi connectivity index (χ1n) is 6.20. The summed E-state index contributed by atoms with van der Waals surface area (Å²) in [5, 5.41) is 4.15. The highest BCUT2D eigenvalue weighted by atomic mass is 32.1. The molecule has 0 atom stereocenters. The number of hydrogen-bond acceptors (Lipinski definition) is 3. The van der Waals surface area contributed by atoms with Crippen molar-refractivity contribution in [1.29, 1.82) is 0 Å². The van der Waals surface area contributed by atoms with Crippen molar-refractivity contribution in [2.75, 3.05) is 6.54 Å². The van der Waals surface area contributed by atoms with Crippen LogP contribution in [0.15, 0.2) is 22.9 Å². The van der Waals surface area contributed by atoms with Crippen molar-refractivity contribution < 1.29 is 4.79 Å². The van der Waals surface area contributed by atoms with E-state index < -0.39 is 0 Å². The Morgan fingerprint density at radius 2 is 2.17 bits per heavy atom. The second-order valence-corrected chi connectivity index (χ2v) is 6.39. The summed E-state index contributed by atoms with van der Waals surface area (Å²) in [4.78, 5) is 16.9. The minimum atomic E-state index is 0.207. The van der Waals surface area contributed by atoms with Gasteiger partial charge in [-0.3, -0.25) is 4.79 Å². The molecule has 2 aromatic heterocycles. The molecule has 3 heterocycles. The number of rotatable bonds is 2. The highest BCUT2D eigenvalue weighted by Gasteiger charge is 2.24. The molecule has 0 radical (unpaired) electrons. The normalized spacial score (nSPS) is 14.6. The number of carbonyl (C=O) groups is 1. The molecule has 0 aliphatic carbocycles. The van der Waals surface area contributed by atoms with Crippen LogP contribution < -0.4 is 0 Å². The Balaban J connectivity index is 1.83. The van der Waals surface area contributed by atoms with Gasteiger partial charge in [0.2, 0.25) is 0 Å². The van der Waals surface area contributed by atoms with Crippen LogP contribution in [0.4, 0.5) is 0 Å². The third-order valence-electron chi connectivity index (χ3n) is 3.42. The molecule has 0 bridgehead atoms. The fraction of sp³-hybridized carbons (Fsp3) is 0.357. The van der Waals surface area contributed by atoms with E-state index in [0.29, 0.717) is 0 Å².